The molecule has 158 valence electrons. The van der Waals surface area contributed by atoms with E-state index in [1.54, 1.807) is 49.6 Å². The van der Waals surface area contributed by atoms with Gasteiger partial charge in [-0.15, -0.1) is 0 Å². The van der Waals surface area contributed by atoms with Crippen molar-refractivity contribution < 1.29 is 13.2 Å². The molecule has 0 amide bonds. The van der Waals surface area contributed by atoms with Gasteiger partial charge in [-0.2, -0.15) is 0 Å². The Balaban J connectivity index is 1.62. The molecule has 1 aliphatic carbocycles. The van der Waals surface area contributed by atoms with Gasteiger partial charge in [-0.1, -0.05) is 18.2 Å². The number of carbonyl (C=O) groups is 1. The molecule has 3 aromatic rings. The summed E-state index contributed by atoms with van der Waals surface area (Å²) in [7, 11) is -3.71. The van der Waals surface area contributed by atoms with Gasteiger partial charge in [0, 0.05) is 35.9 Å². The van der Waals surface area contributed by atoms with Crippen molar-refractivity contribution >= 4 is 32.5 Å². The van der Waals surface area contributed by atoms with Crippen LogP contribution in [0.3, 0.4) is 0 Å². The molecule has 7 heteroatoms. The van der Waals surface area contributed by atoms with E-state index >= 15 is 0 Å². The minimum absolute atomic E-state index is 0.239. The molecular weight excluding hydrogens is 398 g/mol. The van der Waals surface area contributed by atoms with Crippen LogP contribution in [0.2, 0.25) is 0 Å². The van der Waals surface area contributed by atoms with E-state index in [9.17, 15) is 13.2 Å². The summed E-state index contributed by atoms with van der Waals surface area (Å²) >= 11 is 0. The summed E-state index contributed by atoms with van der Waals surface area (Å²) in [5, 5.41) is 4.44. The molecule has 30 heavy (non-hydrogen) atoms. The van der Waals surface area contributed by atoms with E-state index in [0.29, 0.717) is 24.0 Å². The van der Waals surface area contributed by atoms with Crippen LogP contribution in [-0.2, 0) is 14.8 Å². The maximum absolute atomic E-state index is 13.1. The number of hydrogen-bond donors (Lipinski definition) is 1. The van der Waals surface area contributed by atoms with Crippen molar-refractivity contribution in [3.63, 3.8) is 0 Å². The number of pyridine rings is 1. The summed E-state index contributed by atoms with van der Waals surface area (Å²) in [4.78, 5) is 16.1. The quantitative estimate of drug-likeness (QED) is 0.627. The van der Waals surface area contributed by atoms with Crippen LogP contribution in [0, 0.1) is 12.8 Å². The number of aryl methyl sites for hydroxylation is 1. The first-order valence-electron chi connectivity index (χ1n) is 10.4. The molecule has 0 unspecified atom stereocenters. The zero-order chi connectivity index (χ0) is 21.3. The lowest BCUT2D eigenvalue weighted by molar-refractivity contribution is -0.118. The minimum atomic E-state index is -3.71. The molecule has 1 aliphatic rings. The van der Waals surface area contributed by atoms with Crippen LogP contribution in [-0.4, -0.2) is 29.2 Å². The number of nitrogens with zero attached hydrogens (tertiary/aromatic N) is 2. The summed E-state index contributed by atoms with van der Waals surface area (Å²) in [5.74, 6) is 0.746. The molecule has 0 aliphatic heterocycles. The van der Waals surface area contributed by atoms with Crippen LogP contribution in [0.5, 0.6) is 0 Å². The molecule has 6 nitrogen and oxygen atoms in total. The van der Waals surface area contributed by atoms with Gasteiger partial charge in [0.2, 0.25) is 0 Å². The summed E-state index contributed by atoms with van der Waals surface area (Å²) in [6.07, 6.45) is 8.05. The van der Waals surface area contributed by atoms with Gasteiger partial charge in [0.1, 0.15) is 5.78 Å². The lowest BCUT2D eigenvalue weighted by Crippen LogP contribution is -2.27. The molecule has 0 spiro atoms. The first-order chi connectivity index (χ1) is 14.4. The molecule has 0 radical (unpaired) electrons. The fraction of sp³-hybridized carbons (Fsp3) is 0.391. The maximum Gasteiger partial charge on any atom is 0.269 e. The molecule has 0 bridgehead atoms. The predicted molar refractivity (Wildman–Crippen MR) is 118 cm³/mol. The lowest BCUT2D eigenvalue weighted by Gasteiger charge is -2.30. The highest BCUT2D eigenvalue weighted by Crippen LogP contribution is 2.33. The van der Waals surface area contributed by atoms with E-state index in [1.165, 1.54) is 3.97 Å². The van der Waals surface area contributed by atoms with Crippen molar-refractivity contribution in [3.8, 4) is 0 Å². The van der Waals surface area contributed by atoms with Crippen LogP contribution < -0.4 is 5.32 Å². The molecule has 0 atom stereocenters. The largest absolute Gasteiger partial charge is 0.381 e. The number of aromatic nitrogens is 2. The Bertz CT molecular complexity index is 1160. The number of ketones is 1. The minimum Gasteiger partial charge on any atom is -0.381 e. The van der Waals surface area contributed by atoms with E-state index < -0.39 is 10.0 Å². The first kappa shape index (κ1) is 20.6. The van der Waals surface area contributed by atoms with Crippen molar-refractivity contribution in [2.75, 3.05) is 5.32 Å². The highest BCUT2D eigenvalue weighted by molar-refractivity contribution is 7.90. The number of nitrogens with one attached hydrogen (secondary N) is 1. The van der Waals surface area contributed by atoms with Crippen LogP contribution in [0.25, 0.3) is 11.0 Å². The van der Waals surface area contributed by atoms with Gasteiger partial charge < -0.3 is 10.1 Å². The molecule has 2 heterocycles. The summed E-state index contributed by atoms with van der Waals surface area (Å²) < 4.78 is 27.4. The third-order valence-corrected chi connectivity index (χ3v) is 7.62. The monoisotopic (exact) mass is 425 g/mol. The van der Waals surface area contributed by atoms with Crippen LogP contribution in [0.1, 0.15) is 44.6 Å². The van der Waals surface area contributed by atoms with E-state index in [2.05, 4.69) is 10.3 Å². The number of anilines is 1. The van der Waals surface area contributed by atoms with E-state index in [4.69, 9.17) is 0 Å². The standard InChI is InChI=1S/C23H27N3O3S/c1-16-15-24-23-21(12-13-26(23)30(28,29)20-6-4-3-5-7-20)22(16)25-19-10-8-18(9-11-19)14-17(2)27/h3-7,12-13,15,18-19H,8-11,14H2,1-2H3,(H,24,25). The summed E-state index contributed by atoms with van der Waals surface area (Å²) in [6, 6.07) is 10.5. The van der Waals surface area contributed by atoms with Gasteiger partial charge in [-0.3, -0.25) is 0 Å². The molecular formula is C23H27N3O3S. The van der Waals surface area contributed by atoms with Gasteiger partial charge >= 0.3 is 0 Å². The van der Waals surface area contributed by atoms with Crippen molar-refractivity contribution in [2.24, 2.45) is 5.92 Å². The Hall–Kier alpha value is -2.67. The van der Waals surface area contributed by atoms with E-state index in [1.807, 2.05) is 13.0 Å². The molecule has 4 rings (SSSR count). The SMILES string of the molecule is CC(=O)CC1CCC(Nc2c(C)cnc3c2ccn3S(=O)(=O)c2ccccc2)CC1. The normalized spacial score (nSPS) is 19.7. The fourth-order valence-corrected chi connectivity index (χ4v) is 5.70. The molecule has 1 aromatic carbocycles. The number of hydrogen-bond acceptors (Lipinski definition) is 5. The molecule has 1 fully saturated rings. The number of Topliss-reactive ketones (excluding diaryl/α,β-unsaturated/α-hetero) is 1. The van der Waals surface area contributed by atoms with Crippen LogP contribution in [0.15, 0.2) is 53.7 Å². The van der Waals surface area contributed by atoms with E-state index in [0.717, 1.165) is 42.3 Å². The molecule has 1 saturated carbocycles. The molecule has 1 N–H and O–H groups in total. The third-order valence-electron chi connectivity index (χ3n) is 5.94. The number of fused-ring (bicyclic) bond motifs is 1. The Morgan fingerprint density at radius 2 is 1.83 bits per heavy atom. The zero-order valence-electron chi connectivity index (χ0n) is 17.3. The van der Waals surface area contributed by atoms with E-state index in [-0.39, 0.29) is 10.7 Å². The first-order valence-corrected chi connectivity index (χ1v) is 11.8. The summed E-state index contributed by atoms with van der Waals surface area (Å²) in [6.45, 7) is 3.65. The van der Waals surface area contributed by atoms with Gasteiger partial charge in [-0.05, 0) is 69.2 Å². The molecule has 2 aromatic heterocycles. The Morgan fingerprint density at radius 1 is 1.13 bits per heavy atom. The second kappa shape index (κ2) is 8.22. The van der Waals surface area contributed by atoms with Crippen LogP contribution in [0.4, 0.5) is 5.69 Å². The lowest BCUT2D eigenvalue weighted by atomic mass is 9.83. The van der Waals surface area contributed by atoms with Crippen molar-refractivity contribution in [3.05, 3.63) is 54.4 Å². The smallest absolute Gasteiger partial charge is 0.269 e. The predicted octanol–water partition coefficient (Wildman–Crippen LogP) is 4.53. The second-order valence-corrected chi connectivity index (χ2v) is 10.1. The summed E-state index contributed by atoms with van der Waals surface area (Å²) in [5.41, 5.74) is 2.36. The second-order valence-electron chi connectivity index (χ2n) is 8.25. The maximum atomic E-state index is 13.1. The average Bonchev–Trinajstić information content (AvgIpc) is 3.17. The molecule has 0 saturated heterocycles. The Morgan fingerprint density at radius 3 is 2.50 bits per heavy atom. The van der Waals surface area contributed by atoms with Gasteiger partial charge in [0.25, 0.3) is 10.0 Å². The topological polar surface area (TPSA) is 81.1 Å². The van der Waals surface area contributed by atoms with Crippen molar-refractivity contribution in [2.45, 2.75) is 56.9 Å². The van der Waals surface area contributed by atoms with Gasteiger partial charge in [0.05, 0.1) is 4.90 Å². The fourth-order valence-electron chi connectivity index (χ4n) is 4.38. The third kappa shape index (κ3) is 3.99. The highest BCUT2D eigenvalue weighted by Gasteiger charge is 2.25. The average molecular weight is 426 g/mol. The number of benzene rings is 1. The Labute approximate surface area is 177 Å². The van der Waals surface area contributed by atoms with Gasteiger partial charge in [0.15, 0.2) is 5.65 Å². The van der Waals surface area contributed by atoms with Crippen molar-refractivity contribution in [1.29, 1.82) is 0 Å². The number of rotatable bonds is 6. The zero-order valence-corrected chi connectivity index (χ0v) is 18.2. The van der Waals surface area contributed by atoms with Gasteiger partial charge in [-0.25, -0.2) is 17.4 Å². The van der Waals surface area contributed by atoms with Crippen LogP contribution >= 0.6 is 0 Å². The Kier molecular flexibility index (Phi) is 5.64. The number of carbonyl (C=O) groups excluding carboxylic acids is 1. The van der Waals surface area contributed by atoms with Crippen molar-refractivity contribution in [1.82, 2.24) is 8.96 Å². The highest BCUT2D eigenvalue weighted by atomic mass is 32.2.